The second-order valence-electron chi connectivity index (χ2n) is 9.51. The number of benzene rings is 5. The molecule has 1 nitrogen and oxygen atoms in total. The van der Waals surface area contributed by atoms with Crippen LogP contribution in [0.25, 0.3) is 38.4 Å². The fraction of sp³-hybridized carbons (Fsp3) is 0.152. The van der Waals surface area contributed by atoms with Crippen LogP contribution in [0.2, 0.25) is 0 Å². The topological polar surface area (TPSA) is 16.6 Å². The zero-order chi connectivity index (χ0) is 23.5. The van der Waals surface area contributed by atoms with Crippen LogP contribution >= 0.6 is 0 Å². The minimum Gasteiger partial charge on any atom is -0.316 e. The molecule has 0 saturated carbocycles. The van der Waals surface area contributed by atoms with Gasteiger partial charge in [0.2, 0.25) is 0 Å². The van der Waals surface area contributed by atoms with Crippen molar-refractivity contribution in [2.24, 2.45) is 0 Å². The van der Waals surface area contributed by atoms with Crippen molar-refractivity contribution in [3.05, 3.63) is 121 Å². The molecule has 2 N–H and O–H groups in total. The first-order valence-corrected chi connectivity index (χ1v) is 12.1. The number of fused-ring (bicyclic) bond motifs is 3. The lowest BCUT2D eigenvalue weighted by Crippen LogP contribution is -2.73. The van der Waals surface area contributed by atoms with Crippen molar-refractivity contribution < 1.29 is 5.32 Å². The highest BCUT2D eigenvalue weighted by Gasteiger charge is 2.30. The van der Waals surface area contributed by atoms with E-state index in [-0.39, 0.29) is 5.41 Å². The zero-order valence-corrected chi connectivity index (χ0v) is 20.1. The Labute approximate surface area is 202 Å². The van der Waals surface area contributed by atoms with Crippen LogP contribution in [0.3, 0.4) is 0 Å². The summed E-state index contributed by atoms with van der Waals surface area (Å²) < 4.78 is 0. The molecule has 0 aromatic heterocycles. The molecule has 168 valence electrons. The number of allylic oxidation sites excluding steroid dienone is 2. The standard InChI is InChI=1S/C33H31N/c1-4-19-33(2,32-30-14-8-7-11-25(30)17-18-31(32)34-3)20-9-10-24-15-16-28-22-26-12-5-6-13-27(26)23-29(28)21-24/h4-18,21-23,34H,1,19-20H2,2-3H3/p+1/b10-9+. The summed E-state index contributed by atoms with van der Waals surface area (Å²) in [4.78, 5) is 0. The fourth-order valence-electron chi connectivity index (χ4n) is 5.33. The summed E-state index contributed by atoms with van der Waals surface area (Å²) in [6.07, 6.45) is 8.55. The van der Waals surface area contributed by atoms with Crippen molar-refractivity contribution in [1.82, 2.24) is 0 Å². The molecule has 0 aliphatic heterocycles. The van der Waals surface area contributed by atoms with Crippen molar-refractivity contribution in [2.45, 2.75) is 25.2 Å². The van der Waals surface area contributed by atoms with Crippen molar-refractivity contribution in [1.29, 1.82) is 0 Å². The molecule has 5 aromatic rings. The Morgan fingerprint density at radius 3 is 2.12 bits per heavy atom. The van der Waals surface area contributed by atoms with E-state index in [4.69, 9.17) is 0 Å². The number of nitrogens with two attached hydrogens (primary N) is 1. The van der Waals surface area contributed by atoms with Gasteiger partial charge in [0.1, 0.15) is 5.69 Å². The number of rotatable bonds is 7. The molecular weight excluding hydrogens is 410 g/mol. The monoisotopic (exact) mass is 442 g/mol. The lowest BCUT2D eigenvalue weighted by atomic mass is 9.73. The lowest BCUT2D eigenvalue weighted by molar-refractivity contribution is -0.540. The van der Waals surface area contributed by atoms with E-state index in [0.717, 1.165) is 12.8 Å². The second-order valence-corrected chi connectivity index (χ2v) is 9.51. The van der Waals surface area contributed by atoms with E-state index >= 15 is 0 Å². The summed E-state index contributed by atoms with van der Waals surface area (Å²) in [6, 6.07) is 33.1. The van der Waals surface area contributed by atoms with Crippen LogP contribution in [0.15, 0.2) is 110 Å². The highest BCUT2D eigenvalue weighted by molar-refractivity contribution is 5.98. The van der Waals surface area contributed by atoms with E-state index in [1.165, 1.54) is 49.1 Å². The van der Waals surface area contributed by atoms with Gasteiger partial charge in [0.05, 0.1) is 7.05 Å². The minimum atomic E-state index is -0.0337. The molecule has 0 bridgehead atoms. The first-order valence-electron chi connectivity index (χ1n) is 12.1. The molecule has 1 heteroatoms. The van der Waals surface area contributed by atoms with Crippen LogP contribution in [0.1, 0.15) is 30.9 Å². The highest BCUT2D eigenvalue weighted by atomic mass is 14.8. The molecule has 0 amide bonds. The second kappa shape index (κ2) is 9.29. The molecule has 1 atom stereocenters. The predicted octanol–water partition coefficient (Wildman–Crippen LogP) is 7.91. The predicted molar refractivity (Wildman–Crippen MR) is 149 cm³/mol. The van der Waals surface area contributed by atoms with Crippen LogP contribution in [0.4, 0.5) is 5.69 Å². The Morgan fingerprint density at radius 1 is 0.735 bits per heavy atom. The largest absolute Gasteiger partial charge is 0.316 e. The molecule has 0 fully saturated rings. The number of hydrogen-bond acceptors (Lipinski definition) is 0. The molecule has 5 aromatic carbocycles. The van der Waals surface area contributed by atoms with Gasteiger partial charge in [0, 0.05) is 11.0 Å². The maximum atomic E-state index is 4.10. The van der Waals surface area contributed by atoms with E-state index < -0.39 is 0 Å². The average molecular weight is 443 g/mol. The van der Waals surface area contributed by atoms with Crippen molar-refractivity contribution in [3.8, 4) is 0 Å². The normalized spacial score (nSPS) is 13.6. The lowest BCUT2D eigenvalue weighted by Gasteiger charge is -2.30. The third kappa shape index (κ3) is 4.16. The van der Waals surface area contributed by atoms with Crippen LogP contribution < -0.4 is 5.32 Å². The third-order valence-electron chi connectivity index (χ3n) is 7.08. The van der Waals surface area contributed by atoms with Gasteiger partial charge in [-0.15, -0.1) is 6.58 Å². The van der Waals surface area contributed by atoms with Gasteiger partial charge < -0.3 is 5.32 Å². The van der Waals surface area contributed by atoms with E-state index in [2.05, 4.69) is 135 Å². The van der Waals surface area contributed by atoms with Crippen molar-refractivity contribution in [2.75, 3.05) is 7.05 Å². The van der Waals surface area contributed by atoms with E-state index in [0.29, 0.717) is 0 Å². The summed E-state index contributed by atoms with van der Waals surface area (Å²) in [6.45, 7) is 6.47. The molecule has 0 spiro atoms. The Kier molecular flexibility index (Phi) is 6.04. The molecule has 0 saturated heterocycles. The Hall–Kier alpha value is -3.68. The van der Waals surface area contributed by atoms with Gasteiger partial charge in [-0.2, -0.15) is 0 Å². The van der Waals surface area contributed by atoms with Crippen LogP contribution in [-0.2, 0) is 5.41 Å². The van der Waals surface area contributed by atoms with Gasteiger partial charge in [0.25, 0.3) is 0 Å². The molecule has 5 rings (SSSR count). The summed E-state index contributed by atoms with van der Waals surface area (Å²) in [5.74, 6) is 0. The van der Waals surface area contributed by atoms with Gasteiger partial charge in [-0.3, -0.25) is 0 Å². The summed E-state index contributed by atoms with van der Waals surface area (Å²) in [5, 5.41) is 10.0. The van der Waals surface area contributed by atoms with Gasteiger partial charge in [-0.05, 0) is 81.1 Å². The van der Waals surface area contributed by atoms with Crippen LogP contribution in [-0.4, -0.2) is 7.05 Å². The minimum absolute atomic E-state index is 0.0337. The molecule has 0 heterocycles. The van der Waals surface area contributed by atoms with Crippen LogP contribution in [0, 0.1) is 0 Å². The third-order valence-corrected chi connectivity index (χ3v) is 7.08. The first kappa shape index (κ1) is 22.1. The molecule has 0 radical (unpaired) electrons. The SMILES string of the molecule is C=CCC(C)(C/C=C/c1ccc2cc3ccccc3cc2c1)c1c([NH2+]C)ccc2ccccc12. The van der Waals surface area contributed by atoms with Gasteiger partial charge in [-0.1, -0.05) is 85.8 Å². The maximum absolute atomic E-state index is 4.10. The molecule has 0 aliphatic carbocycles. The number of quaternary nitrogens is 1. The summed E-state index contributed by atoms with van der Waals surface area (Å²) >= 11 is 0. The summed E-state index contributed by atoms with van der Waals surface area (Å²) in [5.41, 5.74) is 3.94. The first-order chi connectivity index (χ1) is 16.6. The maximum Gasteiger partial charge on any atom is 0.133 e. The van der Waals surface area contributed by atoms with E-state index in [9.17, 15) is 0 Å². The van der Waals surface area contributed by atoms with Crippen LogP contribution in [0.5, 0.6) is 0 Å². The summed E-state index contributed by atoms with van der Waals surface area (Å²) in [7, 11) is 2.14. The molecular formula is C33H32N+. The van der Waals surface area contributed by atoms with Gasteiger partial charge in [0.15, 0.2) is 0 Å². The zero-order valence-electron chi connectivity index (χ0n) is 20.1. The van der Waals surface area contributed by atoms with E-state index in [1.54, 1.807) is 0 Å². The Bertz CT molecular complexity index is 1520. The van der Waals surface area contributed by atoms with E-state index in [1.807, 2.05) is 0 Å². The quantitative estimate of drug-likeness (QED) is 0.150. The highest BCUT2D eigenvalue weighted by Crippen LogP contribution is 2.40. The molecule has 1 unspecified atom stereocenters. The van der Waals surface area contributed by atoms with Gasteiger partial charge in [-0.25, -0.2) is 0 Å². The van der Waals surface area contributed by atoms with Crippen molar-refractivity contribution in [3.63, 3.8) is 0 Å². The Morgan fingerprint density at radius 2 is 1.38 bits per heavy atom. The Balaban J connectivity index is 1.50. The molecule has 0 aliphatic rings. The number of hydrogen-bond donors (Lipinski definition) is 1. The van der Waals surface area contributed by atoms with Gasteiger partial charge >= 0.3 is 0 Å². The fourth-order valence-corrected chi connectivity index (χ4v) is 5.33. The smallest absolute Gasteiger partial charge is 0.133 e. The van der Waals surface area contributed by atoms with Crippen molar-refractivity contribution >= 4 is 44.1 Å². The average Bonchev–Trinajstić information content (AvgIpc) is 2.86. The molecule has 34 heavy (non-hydrogen) atoms.